The van der Waals surface area contributed by atoms with Gasteiger partial charge >= 0.3 is 0 Å². The van der Waals surface area contributed by atoms with Crippen LogP contribution in [0, 0.1) is 0 Å². The van der Waals surface area contributed by atoms with Crippen LogP contribution < -0.4 is 0 Å². The van der Waals surface area contributed by atoms with E-state index in [1.54, 1.807) is 0 Å². The molecule has 2 aliphatic rings. The van der Waals surface area contributed by atoms with E-state index in [1.165, 1.54) is 105 Å². The molecule has 0 N–H and O–H groups in total. The molecule has 0 amide bonds. The van der Waals surface area contributed by atoms with Gasteiger partial charge in [-0.2, -0.15) is 0 Å². The van der Waals surface area contributed by atoms with Gasteiger partial charge in [0.15, 0.2) is 0 Å². The van der Waals surface area contributed by atoms with Crippen LogP contribution in [0.25, 0.3) is 77.2 Å². The lowest BCUT2D eigenvalue weighted by Gasteiger charge is -2.24. The van der Waals surface area contributed by atoms with Gasteiger partial charge in [-0.15, -0.1) is 0 Å². The molecule has 0 radical (unpaired) electrons. The van der Waals surface area contributed by atoms with Crippen LogP contribution in [-0.2, 0) is 16.2 Å². The highest BCUT2D eigenvalue weighted by Crippen LogP contribution is 2.53. The van der Waals surface area contributed by atoms with Crippen molar-refractivity contribution in [3.8, 4) is 55.6 Å². The van der Waals surface area contributed by atoms with Crippen LogP contribution in [0.1, 0.15) is 76.3 Å². The lowest BCUT2D eigenvalue weighted by Crippen LogP contribution is -2.15. The van der Waals surface area contributed by atoms with Crippen molar-refractivity contribution in [2.75, 3.05) is 0 Å². The predicted octanol–water partition coefficient (Wildman–Crippen LogP) is 14.9. The summed E-state index contributed by atoms with van der Waals surface area (Å²) in [6, 6.07) is 57.7. The van der Waals surface area contributed by atoms with E-state index in [-0.39, 0.29) is 16.2 Å². The average molecular weight is 695 g/mol. The first-order chi connectivity index (χ1) is 25.9. The Hall–Kier alpha value is -5.72. The summed E-state index contributed by atoms with van der Waals surface area (Å²) in [4.78, 5) is 0. The molecule has 0 nitrogen and oxygen atoms in total. The first-order valence-electron chi connectivity index (χ1n) is 19.5. The van der Waals surface area contributed by atoms with Gasteiger partial charge in [0.1, 0.15) is 0 Å². The minimum absolute atomic E-state index is 0.0198. The summed E-state index contributed by atoms with van der Waals surface area (Å²) >= 11 is 0. The van der Waals surface area contributed by atoms with Crippen molar-refractivity contribution in [1.82, 2.24) is 0 Å². The Kier molecular flexibility index (Phi) is 6.94. The minimum Gasteiger partial charge on any atom is -0.0619 e. The number of hydrogen-bond donors (Lipinski definition) is 0. The van der Waals surface area contributed by atoms with Crippen LogP contribution in [-0.4, -0.2) is 0 Å². The van der Waals surface area contributed by atoms with Crippen molar-refractivity contribution in [1.29, 1.82) is 0 Å². The number of hydrogen-bond acceptors (Lipinski definition) is 0. The van der Waals surface area contributed by atoms with Crippen LogP contribution in [0.15, 0.2) is 152 Å². The van der Waals surface area contributed by atoms with E-state index < -0.39 is 0 Å². The summed E-state index contributed by atoms with van der Waals surface area (Å²) in [5.74, 6) is 0. The van der Waals surface area contributed by atoms with Gasteiger partial charge in [0.2, 0.25) is 0 Å². The molecule has 54 heavy (non-hydrogen) atoms. The zero-order valence-electron chi connectivity index (χ0n) is 32.4. The quantitative estimate of drug-likeness (QED) is 0.162. The molecule has 262 valence electrons. The first kappa shape index (κ1) is 32.9. The summed E-state index contributed by atoms with van der Waals surface area (Å²) in [6.45, 7) is 16.4. The van der Waals surface area contributed by atoms with Gasteiger partial charge in [-0.3, -0.25) is 0 Å². The SMILES string of the molecule is CC(C)(C)c1ccc(-c2c3ccccc3c(-c3ccc4c(c3)C(C)(C)c3cc(-c5ccc6c(c5)C(C)(C)c5ccccc5-6)ccc3-4)c3ccccc23)cc1. The molecule has 8 aromatic carbocycles. The van der Waals surface area contributed by atoms with Gasteiger partial charge in [0, 0.05) is 10.8 Å². The second-order valence-electron chi connectivity index (χ2n) is 17.7. The molecule has 0 aliphatic heterocycles. The van der Waals surface area contributed by atoms with Crippen molar-refractivity contribution in [3.05, 3.63) is 179 Å². The summed E-state index contributed by atoms with van der Waals surface area (Å²) in [6.07, 6.45) is 0. The Morgan fingerprint density at radius 3 is 1.17 bits per heavy atom. The van der Waals surface area contributed by atoms with E-state index in [4.69, 9.17) is 0 Å². The van der Waals surface area contributed by atoms with Gasteiger partial charge in [0.05, 0.1) is 0 Å². The van der Waals surface area contributed by atoms with Crippen LogP contribution in [0.4, 0.5) is 0 Å². The highest BCUT2D eigenvalue weighted by molar-refractivity contribution is 6.21. The van der Waals surface area contributed by atoms with Crippen molar-refractivity contribution in [3.63, 3.8) is 0 Å². The molecule has 0 saturated heterocycles. The molecule has 8 aromatic rings. The number of fused-ring (bicyclic) bond motifs is 8. The highest BCUT2D eigenvalue weighted by atomic mass is 14.4. The van der Waals surface area contributed by atoms with E-state index >= 15 is 0 Å². The zero-order chi connectivity index (χ0) is 37.1. The van der Waals surface area contributed by atoms with Crippen molar-refractivity contribution in [2.45, 2.75) is 64.7 Å². The van der Waals surface area contributed by atoms with Crippen LogP contribution in [0.2, 0.25) is 0 Å². The maximum atomic E-state index is 2.50. The highest BCUT2D eigenvalue weighted by Gasteiger charge is 2.38. The lowest BCUT2D eigenvalue weighted by molar-refractivity contribution is 0.590. The second-order valence-corrected chi connectivity index (χ2v) is 17.7. The molecule has 0 unspecified atom stereocenters. The summed E-state index contributed by atoms with van der Waals surface area (Å²) in [5.41, 5.74) is 20.1. The summed E-state index contributed by atoms with van der Waals surface area (Å²) in [7, 11) is 0. The molecule has 0 fully saturated rings. The van der Waals surface area contributed by atoms with Crippen molar-refractivity contribution >= 4 is 21.5 Å². The van der Waals surface area contributed by atoms with Crippen molar-refractivity contribution < 1.29 is 0 Å². The van der Waals surface area contributed by atoms with Gasteiger partial charge in [-0.25, -0.2) is 0 Å². The van der Waals surface area contributed by atoms with E-state index in [2.05, 4.69) is 200 Å². The van der Waals surface area contributed by atoms with Gasteiger partial charge in [0.25, 0.3) is 0 Å². The van der Waals surface area contributed by atoms with Crippen molar-refractivity contribution in [2.24, 2.45) is 0 Å². The third-order valence-corrected chi connectivity index (χ3v) is 12.9. The fraction of sp³-hybridized carbons (Fsp3) is 0.185. The van der Waals surface area contributed by atoms with Gasteiger partial charge in [-0.05, 0) is 129 Å². The van der Waals surface area contributed by atoms with Crippen LogP contribution in [0.3, 0.4) is 0 Å². The largest absolute Gasteiger partial charge is 0.0619 e. The third-order valence-electron chi connectivity index (χ3n) is 12.9. The molecular weight excluding hydrogens is 649 g/mol. The van der Waals surface area contributed by atoms with E-state index in [1.807, 2.05) is 0 Å². The molecule has 0 aromatic heterocycles. The van der Waals surface area contributed by atoms with Crippen LogP contribution >= 0.6 is 0 Å². The molecular formula is C54H46. The Labute approximate surface area is 320 Å². The minimum atomic E-state index is -0.150. The second kappa shape index (κ2) is 11.4. The number of benzene rings is 8. The Balaban J connectivity index is 1.09. The molecule has 10 rings (SSSR count). The monoisotopic (exact) mass is 694 g/mol. The fourth-order valence-corrected chi connectivity index (χ4v) is 9.84. The third kappa shape index (κ3) is 4.69. The molecule has 0 atom stereocenters. The smallest absolute Gasteiger partial charge is 0.0159 e. The Bertz CT molecular complexity index is 2780. The Morgan fingerprint density at radius 2 is 0.685 bits per heavy atom. The summed E-state index contributed by atoms with van der Waals surface area (Å²) < 4.78 is 0. The van der Waals surface area contributed by atoms with E-state index in [0.29, 0.717) is 0 Å². The van der Waals surface area contributed by atoms with E-state index in [0.717, 1.165) is 0 Å². The fourth-order valence-electron chi connectivity index (χ4n) is 9.84. The zero-order valence-corrected chi connectivity index (χ0v) is 32.4. The average Bonchev–Trinajstić information content (AvgIpc) is 3.55. The topological polar surface area (TPSA) is 0 Å². The first-order valence-corrected chi connectivity index (χ1v) is 19.5. The molecule has 0 spiro atoms. The maximum absolute atomic E-state index is 2.50. The molecule has 2 aliphatic carbocycles. The van der Waals surface area contributed by atoms with Crippen LogP contribution in [0.5, 0.6) is 0 Å². The molecule has 0 heterocycles. The molecule has 0 bridgehead atoms. The van der Waals surface area contributed by atoms with Gasteiger partial charge < -0.3 is 0 Å². The predicted molar refractivity (Wildman–Crippen MR) is 232 cm³/mol. The Morgan fingerprint density at radius 1 is 0.333 bits per heavy atom. The van der Waals surface area contributed by atoms with E-state index in [9.17, 15) is 0 Å². The summed E-state index contributed by atoms with van der Waals surface area (Å²) in [5, 5.41) is 5.18. The molecule has 0 heteroatoms. The lowest BCUT2D eigenvalue weighted by atomic mass is 9.79. The van der Waals surface area contributed by atoms with Gasteiger partial charge in [-0.1, -0.05) is 182 Å². The normalized spacial score (nSPS) is 14.9. The molecule has 0 saturated carbocycles. The maximum Gasteiger partial charge on any atom is 0.0159 e. The number of rotatable bonds is 3. The standard InChI is InChI=1S/C54H46/c1-52(2,3)37-25-20-33(21-26-37)50-42-15-8-10-17-44(42)51(45-18-11-9-16-43(45)50)36-24-29-41-40-28-23-35(31-48(40)54(6,7)49(41)32-36)34-22-27-39-38-14-12-13-19-46(38)53(4,5)47(39)30-34/h8-32H,1-7H3.